The molecule has 0 bridgehead atoms. The van der Waals surface area contributed by atoms with Crippen molar-refractivity contribution < 1.29 is 14.6 Å². The maximum Gasteiger partial charge on any atom is 0.338 e. The highest BCUT2D eigenvalue weighted by molar-refractivity contribution is 5.89. The Morgan fingerprint density at radius 3 is 2.53 bits per heavy atom. The van der Waals surface area contributed by atoms with Crippen LogP contribution in [0.25, 0.3) is 0 Å². The molecule has 84 valence electrons. The summed E-state index contributed by atoms with van der Waals surface area (Å²) in [6, 6.07) is 2.21. The summed E-state index contributed by atoms with van der Waals surface area (Å²) < 4.78 is 4.64. The average molecular weight is 213 g/mol. The number of hydrogen-bond acceptors (Lipinski definition) is 4. The largest absolute Gasteiger partial charge is 0.494 e. The van der Waals surface area contributed by atoms with Crippen molar-refractivity contribution in [2.24, 2.45) is 0 Å². The van der Waals surface area contributed by atoms with Crippen LogP contribution >= 0.6 is 0 Å². The number of ether oxygens (including phenoxy) is 1. The van der Waals surface area contributed by atoms with Gasteiger partial charge in [0.05, 0.1) is 12.2 Å². The number of aromatic hydroxyl groups is 1. The molecule has 1 rings (SSSR count). The van der Waals surface area contributed by atoms with Gasteiger partial charge < -0.3 is 9.84 Å². The predicted octanol–water partition coefficient (Wildman–Crippen LogP) is 1.28. The van der Waals surface area contributed by atoms with Gasteiger partial charge in [-0.3, -0.25) is 9.78 Å². The molecular formula is C10H15NO4. The summed E-state index contributed by atoms with van der Waals surface area (Å²) in [6.45, 7) is 5.89. The van der Waals surface area contributed by atoms with Crippen LogP contribution in [0.1, 0.15) is 31.1 Å². The quantitative estimate of drug-likeness (QED) is 0.725. The second-order valence-electron chi connectivity index (χ2n) is 2.34. The summed E-state index contributed by atoms with van der Waals surface area (Å²) in [5, 5.41) is 8.95. The fraction of sp³-hybridized carbons (Fsp3) is 0.400. The first-order valence-electron chi connectivity index (χ1n) is 4.74. The summed E-state index contributed by atoms with van der Waals surface area (Å²) in [5.41, 5.74) is -0.494. The van der Waals surface area contributed by atoms with Crippen LogP contribution in [0.3, 0.4) is 0 Å². The zero-order chi connectivity index (χ0) is 11.8. The Kier molecular flexibility index (Phi) is 5.85. The van der Waals surface area contributed by atoms with Crippen molar-refractivity contribution in [3.63, 3.8) is 0 Å². The maximum absolute atomic E-state index is 11.1. The van der Waals surface area contributed by atoms with Gasteiger partial charge in [-0.25, -0.2) is 4.79 Å². The van der Waals surface area contributed by atoms with Gasteiger partial charge in [0.2, 0.25) is 0 Å². The lowest BCUT2D eigenvalue weighted by Gasteiger charge is -2.00. The van der Waals surface area contributed by atoms with Crippen molar-refractivity contribution in [3.8, 4) is 5.88 Å². The lowest BCUT2D eigenvalue weighted by atomic mass is 10.3. The van der Waals surface area contributed by atoms with E-state index in [0.29, 0.717) is 0 Å². The SMILES string of the molecule is CC.CCOC(=O)c1cc(O)[nH]c(=O)c1. The third-order valence-electron chi connectivity index (χ3n) is 1.34. The topological polar surface area (TPSA) is 79.4 Å². The van der Waals surface area contributed by atoms with Gasteiger partial charge in [0, 0.05) is 12.1 Å². The van der Waals surface area contributed by atoms with Gasteiger partial charge in [-0.05, 0) is 6.92 Å². The van der Waals surface area contributed by atoms with E-state index in [1.807, 2.05) is 13.8 Å². The van der Waals surface area contributed by atoms with Crippen LogP contribution < -0.4 is 5.56 Å². The van der Waals surface area contributed by atoms with Crippen molar-refractivity contribution in [1.29, 1.82) is 0 Å². The molecule has 1 aromatic rings. The van der Waals surface area contributed by atoms with Crippen molar-refractivity contribution in [1.82, 2.24) is 4.98 Å². The number of nitrogens with one attached hydrogen (secondary N) is 1. The van der Waals surface area contributed by atoms with E-state index in [4.69, 9.17) is 5.11 Å². The van der Waals surface area contributed by atoms with E-state index in [-0.39, 0.29) is 18.1 Å². The molecule has 0 atom stereocenters. The zero-order valence-electron chi connectivity index (χ0n) is 9.03. The first kappa shape index (κ1) is 13.2. The second kappa shape index (κ2) is 6.64. The molecule has 5 nitrogen and oxygen atoms in total. The Bertz CT molecular complexity index is 370. The van der Waals surface area contributed by atoms with Gasteiger partial charge in [-0.1, -0.05) is 13.8 Å². The summed E-state index contributed by atoms with van der Waals surface area (Å²) in [5.74, 6) is -0.973. The van der Waals surface area contributed by atoms with Crippen LogP contribution in [0.2, 0.25) is 0 Å². The smallest absolute Gasteiger partial charge is 0.338 e. The number of carbonyl (C=O) groups is 1. The summed E-state index contributed by atoms with van der Waals surface area (Å²) >= 11 is 0. The molecule has 0 amide bonds. The molecule has 1 aromatic heterocycles. The molecule has 0 saturated carbocycles. The van der Waals surface area contributed by atoms with Crippen molar-refractivity contribution in [3.05, 3.63) is 28.0 Å². The Labute approximate surface area is 87.7 Å². The lowest BCUT2D eigenvalue weighted by Crippen LogP contribution is -2.11. The van der Waals surface area contributed by atoms with Gasteiger partial charge in [0.1, 0.15) is 0 Å². The number of pyridine rings is 1. The molecule has 0 fully saturated rings. The van der Waals surface area contributed by atoms with E-state index in [0.717, 1.165) is 12.1 Å². The lowest BCUT2D eigenvalue weighted by molar-refractivity contribution is 0.0525. The Balaban J connectivity index is 0.000000921. The highest BCUT2D eigenvalue weighted by Crippen LogP contribution is 2.05. The number of hydrogen-bond donors (Lipinski definition) is 2. The monoisotopic (exact) mass is 213 g/mol. The number of esters is 1. The molecule has 15 heavy (non-hydrogen) atoms. The minimum atomic E-state index is -0.621. The van der Waals surface area contributed by atoms with E-state index in [2.05, 4.69) is 9.72 Å². The Morgan fingerprint density at radius 2 is 2.07 bits per heavy atom. The molecule has 2 N–H and O–H groups in total. The molecule has 0 aliphatic carbocycles. The molecule has 0 aromatic carbocycles. The zero-order valence-corrected chi connectivity index (χ0v) is 9.03. The van der Waals surface area contributed by atoms with E-state index in [1.165, 1.54) is 0 Å². The molecule has 0 radical (unpaired) electrons. The molecule has 0 spiro atoms. The molecular weight excluding hydrogens is 198 g/mol. The van der Waals surface area contributed by atoms with Crippen molar-refractivity contribution >= 4 is 5.97 Å². The fourth-order valence-corrected chi connectivity index (χ4v) is 0.861. The predicted molar refractivity (Wildman–Crippen MR) is 56.0 cm³/mol. The maximum atomic E-state index is 11.1. The fourth-order valence-electron chi connectivity index (χ4n) is 0.861. The summed E-state index contributed by atoms with van der Waals surface area (Å²) in [7, 11) is 0. The minimum Gasteiger partial charge on any atom is -0.494 e. The van der Waals surface area contributed by atoms with E-state index in [1.54, 1.807) is 6.92 Å². The van der Waals surface area contributed by atoms with E-state index < -0.39 is 11.5 Å². The number of H-pyrrole nitrogens is 1. The standard InChI is InChI=1S/C8H9NO4.C2H6/c1-2-13-8(12)5-3-6(10)9-7(11)4-5;1-2/h3-4H,2H2,1H3,(H2,9,10,11);1-2H3. The minimum absolute atomic E-state index is 0.0445. The highest BCUT2D eigenvalue weighted by atomic mass is 16.5. The van der Waals surface area contributed by atoms with Gasteiger partial charge in [-0.15, -0.1) is 0 Å². The number of carbonyl (C=O) groups excluding carboxylic acids is 1. The van der Waals surface area contributed by atoms with Crippen LogP contribution in [-0.4, -0.2) is 22.7 Å². The highest BCUT2D eigenvalue weighted by Gasteiger charge is 2.07. The first-order valence-corrected chi connectivity index (χ1v) is 4.74. The average Bonchev–Trinajstić information content (AvgIpc) is 2.20. The van der Waals surface area contributed by atoms with Crippen LogP contribution in [0.5, 0.6) is 5.88 Å². The van der Waals surface area contributed by atoms with E-state index in [9.17, 15) is 9.59 Å². The van der Waals surface area contributed by atoms with E-state index >= 15 is 0 Å². The molecule has 0 unspecified atom stereocenters. The number of rotatable bonds is 2. The molecule has 5 heteroatoms. The second-order valence-corrected chi connectivity index (χ2v) is 2.34. The summed E-state index contributed by atoms with van der Waals surface area (Å²) in [6.07, 6.45) is 0. The third kappa shape index (κ3) is 4.30. The normalized spacial score (nSPS) is 8.73. The number of aromatic amines is 1. The van der Waals surface area contributed by atoms with Gasteiger partial charge in [0.15, 0.2) is 5.88 Å². The first-order chi connectivity index (χ1) is 7.13. The molecule has 0 saturated heterocycles. The third-order valence-corrected chi connectivity index (χ3v) is 1.34. The van der Waals surface area contributed by atoms with Gasteiger partial charge >= 0.3 is 5.97 Å². The molecule has 1 heterocycles. The number of aromatic nitrogens is 1. The Hall–Kier alpha value is -1.78. The van der Waals surface area contributed by atoms with Crippen molar-refractivity contribution in [2.45, 2.75) is 20.8 Å². The molecule has 0 aliphatic heterocycles. The van der Waals surface area contributed by atoms with Gasteiger partial charge in [0.25, 0.3) is 5.56 Å². The van der Waals surface area contributed by atoms with Crippen LogP contribution in [0.15, 0.2) is 16.9 Å². The van der Waals surface area contributed by atoms with Crippen molar-refractivity contribution in [2.75, 3.05) is 6.61 Å². The van der Waals surface area contributed by atoms with Crippen LogP contribution in [0.4, 0.5) is 0 Å². The van der Waals surface area contributed by atoms with Crippen LogP contribution in [-0.2, 0) is 4.74 Å². The summed E-state index contributed by atoms with van der Waals surface area (Å²) in [4.78, 5) is 24.0. The Morgan fingerprint density at radius 1 is 1.47 bits per heavy atom. The van der Waals surface area contributed by atoms with Crippen LogP contribution in [0, 0.1) is 0 Å². The van der Waals surface area contributed by atoms with Gasteiger partial charge in [-0.2, -0.15) is 0 Å². The molecule has 0 aliphatic rings.